The lowest BCUT2D eigenvalue weighted by molar-refractivity contribution is 0.0854. The summed E-state index contributed by atoms with van der Waals surface area (Å²) in [7, 11) is 0. The molecule has 1 N–H and O–H groups in total. The highest BCUT2D eigenvalue weighted by atomic mass is 16.3. The summed E-state index contributed by atoms with van der Waals surface area (Å²) in [6.07, 6.45) is 2.63. The van der Waals surface area contributed by atoms with Gasteiger partial charge in [0.2, 0.25) is 0 Å². The summed E-state index contributed by atoms with van der Waals surface area (Å²) in [6, 6.07) is 9.58. The van der Waals surface area contributed by atoms with Crippen molar-refractivity contribution < 1.29 is 9.90 Å². The number of aliphatic hydroxyl groups is 1. The molecule has 1 aliphatic heterocycles. The topological polar surface area (TPSA) is 40.5 Å². The van der Waals surface area contributed by atoms with Crippen molar-refractivity contribution in [3.8, 4) is 0 Å². The second-order valence-electron chi connectivity index (χ2n) is 5.65. The highest BCUT2D eigenvalue weighted by Crippen LogP contribution is 2.49. The fourth-order valence-corrected chi connectivity index (χ4v) is 2.89. The Balaban J connectivity index is 1.70. The number of hydrogen-bond donors (Lipinski definition) is 1. The number of carbonyl (C=O) groups is 1. The molecule has 2 aliphatic rings. The summed E-state index contributed by atoms with van der Waals surface area (Å²) in [5.74, 6) is 0.282. The van der Waals surface area contributed by atoms with Gasteiger partial charge in [-0.05, 0) is 19.3 Å². The molecule has 18 heavy (non-hydrogen) atoms. The maximum absolute atomic E-state index is 12.5. The van der Waals surface area contributed by atoms with E-state index in [0.717, 1.165) is 44.5 Å². The Morgan fingerprint density at radius 3 is 2.61 bits per heavy atom. The molecule has 0 spiro atoms. The van der Waals surface area contributed by atoms with Gasteiger partial charge < -0.3 is 5.11 Å². The van der Waals surface area contributed by atoms with Gasteiger partial charge in [0.25, 0.3) is 0 Å². The molecule has 0 radical (unpaired) electrons. The zero-order valence-electron chi connectivity index (χ0n) is 10.5. The molecule has 3 nitrogen and oxygen atoms in total. The highest BCUT2D eigenvalue weighted by molar-refractivity contribution is 6.02. The molecule has 1 saturated carbocycles. The number of ketones is 1. The summed E-state index contributed by atoms with van der Waals surface area (Å²) in [5, 5.41) is 9.55. The van der Waals surface area contributed by atoms with Crippen molar-refractivity contribution in [2.45, 2.75) is 25.4 Å². The maximum Gasteiger partial charge on any atom is 0.170 e. The lowest BCUT2D eigenvalue weighted by Crippen LogP contribution is -2.33. The number of nitrogens with zero attached hydrogens (tertiary/aromatic N) is 1. The zero-order valence-corrected chi connectivity index (χ0v) is 10.5. The fraction of sp³-hybridized carbons (Fsp3) is 0.533. The summed E-state index contributed by atoms with van der Waals surface area (Å²) in [4.78, 5) is 14.7. The monoisotopic (exact) mass is 245 g/mol. The van der Waals surface area contributed by atoms with E-state index < -0.39 is 0 Å². The third-order valence-electron chi connectivity index (χ3n) is 4.14. The molecule has 0 amide bonds. The number of rotatable bonds is 4. The number of hydrogen-bond acceptors (Lipinski definition) is 3. The summed E-state index contributed by atoms with van der Waals surface area (Å²) < 4.78 is 0. The zero-order chi connectivity index (χ0) is 12.6. The van der Waals surface area contributed by atoms with E-state index >= 15 is 0 Å². The molecule has 1 aliphatic carbocycles. The van der Waals surface area contributed by atoms with Crippen molar-refractivity contribution in [3.05, 3.63) is 35.9 Å². The van der Waals surface area contributed by atoms with Gasteiger partial charge >= 0.3 is 0 Å². The lowest BCUT2D eigenvalue weighted by atomic mass is 9.94. The largest absolute Gasteiger partial charge is 0.392 e. The molecule has 1 heterocycles. The molecule has 1 saturated heterocycles. The van der Waals surface area contributed by atoms with Crippen LogP contribution in [0.25, 0.3) is 0 Å². The van der Waals surface area contributed by atoms with Gasteiger partial charge in [0, 0.05) is 30.6 Å². The van der Waals surface area contributed by atoms with Crippen LogP contribution in [-0.4, -0.2) is 41.5 Å². The van der Waals surface area contributed by atoms with Crippen molar-refractivity contribution in [2.24, 2.45) is 5.41 Å². The van der Waals surface area contributed by atoms with Crippen LogP contribution >= 0.6 is 0 Å². The number of β-amino-alcohol motifs (C(OH)–C–C–N with tert-alkyl or cyclic N) is 1. The molecule has 0 aromatic heterocycles. The van der Waals surface area contributed by atoms with E-state index in [1.54, 1.807) is 0 Å². The van der Waals surface area contributed by atoms with Crippen molar-refractivity contribution in [1.82, 2.24) is 4.90 Å². The Bertz CT molecular complexity index is 439. The molecule has 1 aromatic carbocycles. The minimum atomic E-state index is -0.201. The second kappa shape index (κ2) is 4.48. The van der Waals surface area contributed by atoms with Crippen molar-refractivity contribution >= 4 is 5.78 Å². The van der Waals surface area contributed by atoms with Crippen LogP contribution in [0.2, 0.25) is 0 Å². The van der Waals surface area contributed by atoms with E-state index in [4.69, 9.17) is 0 Å². The molecule has 2 fully saturated rings. The minimum Gasteiger partial charge on any atom is -0.392 e. The van der Waals surface area contributed by atoms with Gasteiger partial charge in [-0.2, -0.15) is 0 Å². The molecular formula is C15H19NO2. The van der Waals surface area contributed by atoms with Crippen LogP contribution in [0.15, 0.2) is 30.3 Å². The highest BCUT2D eigenvalue weighted by Gasteiger charge is 2.51. The van der Waals surface area contributed by atoms with E-state index in [9.17, 15) is 9.90 Å². The Kier molecular flexibility index (Phi) is 2.96. The normalized spacial score (nSPS) is 26.2. The molecular weight excluding hydrogens is 226 g/mol. The first-order chi connectivity index (χ1) is 8.70. The van der Waals surface area contributed by atoms with Crippen molar-refractivity contribution in [1.29, 1.82) is 0 Å². The van der Waals surface area contributed by atoms with Gasteiger partial charge in [0.05, 0.1) is 6.10 Å². The van der Waals surface area contributed by atoms with Crippen molar-refractivity contribution in [3.63, 3.8) is 0 Å². The molecule has 3 heteroatoms. The third-order valence-corrected chi connectivity index (χ3v) is 4.14. The number of Topliss-reactive ketones (excluding diaryl/α,β-unsaturated/α-hetero) is 1. The molecule has 96 valence electrons. The number of likely N-dealkylation sites (tertiary alicyclic amines) is 1. The van der Waals surface area contributed by atoms with Crippen LogP contribution in [0.3, 0.4) is 0 Å². The van der Waals surface area contributed by atoms with Crippen LogP contribution < -0.4 is 0 Å². The summed E-state index contributed by atoms with van der Waals surface area (Å²) >= 11 is 0. The quantitative estimate of drug-likeness (QED) is 0.821. The Morgan fingerprint density at radius 1 is 1.33 bits per heavy atom. The minimum absolute atomic E-state index is 0.161. The summed E-state index contributed by atoms with van der Waals surface area (Å²) in [5.41, 5.74) is 0.667. The smallest absolute Gasteiger partial charge is 0.170 e. The van der Waals surface area contributed by atoms with Crippen LogP contribution in [0.5, 0.6) is 0 Å². The number of aliphatic hydroxyl groups excluding tert-OH is 1. The molecule has 0 unspecified atom stereocenters. The van der Waals surface area contributed by atoms with E-state index in [2.05, 4.69) is 4.90 Å². The van der Waals surface area contributed by atoms with Crippen LogP contribution in [0, 0.1) is 5.41 Å². The molecule has 0 bridgehead atoms. The predicted molar refractivity (Wildman–Crippen MR) is 69.5 cm³/mol. The van der Waals surface area contributed by atoms with E-state index in [1.807, 2.05) is 30.3 Å². The van der Waals surface area contributed by atoms with E-state index in [0.29, 0.717) is 0 Å². The lowest BCUT2D eigenvalue weighted by Gasteiger charge is -2.22. The maximum atomic E-state index is 12.5. The van der Waals surface area contributed by atoms with Crippen LogP contribution in [-0.2, 0) is 0 Å². The number of benzene rings is 1. The average Bonchev–Trinajstić information content (AvgIpc) is 3.06. The van der Waals surface area contributed by atoms with Gasteiger partial charge in [-0.15, -0.1) is 0 Å². The first-order valence-electron chi connectivity index (χ1n) is 6.70. The number of carbonyl (C=O) groups excluding carboxylic acids is 1. The fourth-order valence-electron chi connectivity index (χ4n) is 2.89. The van der Waals surface area contributed by atoms with Gasteiger partial charge in [0.15, 0.2) is 5.78 Å². The Morgan fingerprint density at radius 2 is 2.06 bits per heavy atom. The molecule has 1 aromatic rings. The predicted octanol–water partition coefficient (Wildman–Crippen LogP) is 1.72. The molecule has 3 rings (SSSR count). The van der Waals surface area contributed by atoms with Crippen molar-refractivity contribution in [2.75, 3.05) is 19.6 Å². The average molecular weight is 245 g/mol. The van der Waals surface area contributed by atoms with Gasteiger partial charge in [-0.3, -0.25) is 9.69 Å². The summed E-state index contributed by atoms with van der Waals surface area (Å²) in [6.45, 7) is 2.46. The SMILES string of the molecule is O=C(c1ccccc1)C1(CN2CC[C@@H](O)C2)CC1. The first kappa shape index (κ1) is 11.9. The van der Waals surface area contributed by atoms with Gasteiger partial charge in [0.1, 0.15) is 0 Å². The third kappa shape index (κ3) is 2.20. The van der Waals surface area contributed by atoms with Crippen LogP contribution in [0.4, 0.5) is 0 Å². The molecule has 1 atom stereocenters. The second-order valence-corrected chi connectivity index (χ2v) is 5.65. The Hall–Kier alpha value is -1.19. The van der Waals surface area contributed by atoms with Gasteiger partial charge in [-0.25, -0.2) is 0 Å². The first-order valence-corrected chi connectivity index (χ1v) is 6.70. The van der Waals surface area contributed by atoms with Gasteiger partial charge in [-0.1, -0.05) is 30.3 Å². The standard InChI is InChI=1S/C15H19NO2/c17-13-6-9-16(10-13)11-15(7-8-15)14(18)12-4-2-1-3-5-12/h1-5,13,17H,6-11H2/t13-/m1/s1. The van der Waals surface area contributed by atoms with E-state index in [1.165, 1.54) is 0 Å². The Labute approximate surface area is 107 Å². The van der Waals surface area contributed by atoms with E-state index in [-0.39, 0.29) is 17.3 Å². The van der Waals surface area contributed by atoms with Crippen LogP contribution in [0.1, 0.15) is 29.6 Å².